The zero-order valence-electron chi connectivity index (χ0n) is 9.75. The van der Waals surface area contributed by atoms with Crippen molar-refractivity contribution in [2.24, 2.45) is 0 Å². The molecule has 0 aliphatic rings. The topological polar surface area (TPSA) is 26.5 Å². The predicted molar refractivity (Wildman–Crippen MR) is 58.0 cm³/mol. The van der Waals surface area contributed by atoms with Gasteiger partial charge in [0.15, 0.2) is 0 Å². The molecule has 0 atom stereocenters. The summed E-state index contributed by atoms with van der Waals surface area (Å²) in [7, 11) is 0. The van der Waals surface area contributed by atoms with Crippen LogP contribution in [-0.4, -0.2) is 15.7 Å². The van der Waals surface area contributed by atoms with Crippen molar-refractivity contribution in [1.29, 1.82) is 0 Å². The predicted octanol–water partition coefficient (Wildman–Crippen LogP) is 3.57. The van der Waals surface area contributed by atoms with Crippen LogP contribution in [0.5, 0.6) is 5.88 Å². The summed E-state index contributed by atoms with van der Waals surface area (Å²) < 4.78 is 41.2. The zero-order chi connectivity index (χ0) is 13.1. The Morgan fingerprint density at radius 1 is 1.24 bits per heavy atom. The molecule has 0 radical (unpaired) electrons. The number of ether oxygens (including phenoxy) is 1. The maximum atomic E-state index is 12.0. The smallest absolute Gasteiger partial charge is 0.389 e. The van der Waals surface area contributed by atoms with Gasteiger partial charge in [-0.3, -0.25) is 4.40 Å². The summed E-state index contributed by atoms with van der Waals surface area (Å²) in [5, 5.41) is 0. The number of hydrogen-bond acceptors (Lipinski definition) is 2. The lowest BCUT2D eigenvalue weighted by atomic mass is 10.4. The van der Waals surface area contributed by atoms with Crippen LogP contribution in [0.4, 0.5) is 13.2 Å². The third kappa shape index (κ3) is 3.37. The van der Waals surface area contributed by atoms with E-state index in [2.05, 4.69) is 9.72 Å². The summed E-state index contributed by atoms with van der Waals surface area (Å²) in [4.78, 5) is 4.02. The number of aromatic nitrogens is 2. The number of aryl methyl sites for hydroxylation is 1. The molecule has 0 N–H and O–H groups in total. The quantitative estimate of drug-likeness (QED) is 0.769. The number of halogens is 3. The van der Waals surface area contributed by atoms with Gasteiger partial charge < -0.3 is 4.74 Å². The second kappa shape index (κ2) is 5.07. The van der Waals surface area contributed by atoms with Gasteiger partial charge >= 0.3 is 6.36 Å². The summed E-state index contributed by atoms with van der Waals surface area (Å²) >= 11 is 0. The highest BCUT2D eigenvalue weighted by molar-refractivity contribution is 5.43. The van der Waals surface area contributed by atoms with Crippen LogP contribution in [-0.2, 0) is 0 Å². The van der Waals surface area contributed by atoms with Crippen LogP contribution in [0.15, 0.2) is 24.4 Å². The van der Waals surface area contributed by atoms with Crippen molar-refractivity contribution in [3.05, 3.63) is 30.1 Å². The lowest BCUT2D eigenvalue weighted by molar-refractivity contribution is -0.276. The molecule has 0 amide bonds. The van der Waals surface area contributed by atoms with Crippen LogP contribution in [0.2, 0.25) is 0 Å². The number of hydrogen-bond donors (Lipinski definition) is 0. The Labute approximate surface area is 96.8 Å². The molecule has 0 saturated heterocycles. The molecule has 0 fully saturated rings. The molecule has 0 aliphatic carbocycles. The molecular formula is C11H13F3N2O. The molecule has 0 bridgehead atoms. The van der Waals surface area contributed by atoms with Gasteiger partial charge in [0, 0.05) is 6.20 Å². The van der Waals surface area contributed by atoms with E-state index < -0.39 is 6.36 Å². The lowest BCUT2D eigenvalue weighted by Gasteiger charge is -2.09. The van der Waals surface area contributed by atoms with Crippen LogP contribution < -0.4 is 4.74 Å². The van der Waals surface area contributed by atoms with Crippen molar-refractivity contribution in [2.75, 3.05) is 0 Å². The van der Waals surface area contributed by atoms with E-state index in [0.717, 1.165) is 0 Å². The Morgan fingerprint density at radius 3 is 2.47 bits per heavy atom. The number of imidazole rings is 1. The summed E-state index contributed by atoms with van der Waals surface area (Å²) in [5.41, 5.74) is 1.06. The Hall–Kier alpha value is -1.72. The van der Waals surface area contributed by atoms with Crippen molar-refractivity contribution in [3.63, 3.8) is 0 Å². The number of fused-ring (bicyclic) bond motifs is 1. The van der Waals surface area contributed by atoms with Crippen LogP contribution in [0, 0.1) is 6.92 Å². The molecule has 17 heavy (non-hydrogen) atoms. The maximum absolute atomic E-state index is 12.0. The first-order valence-electron chi connectivity index (χ1n) is 5.16. The normalized spacial score (nSPS) is 10.9. The molecule has 2 rings (SSSR count). The second-order valence-corrected chi connectivity index (χ2v) is 3.02. The zero-order valence-corrected chi connectivity index (χ0v) is 9.75. The van der Waals surface area contributed by atoms with Gasteiger partial charge in [0.05, 0.1) is 5.69 Å². The van der Waals surface area contributed by atoms with Gasteiger partial charge in [0.2, 0.25) is 5.88 Å². The highest BCUT2D eigenvalue weighted by Crippen LogP contribution is 2.23. The summed E-state index contributed by atoms with van der Waals surface area (Å²) in [6, 6.07) is 4.31. The van der Waals surface area contributed by atoms with Gasteiger partial charge in [-0.15, -0.1) is 13.2 Å². The van der Waals surface area contributed by atoms with Gasteiger partial charge in [-0.1, -0.05) is 19.9 Å². The molecule has 94 valence electrons. The van der Waals surface area contributed by atoms with E-state index in [1.165, 1.54) is 22.7 Å². The van der Waals surface area contributed by atoms with Crippen molar-refractivity contribution in [2.45, 2.75) is 27.1 Å². The molecule has 0 spiro atoms. The number of nitrogens with zero attached hydrogens (tertiary/aromatic N) is 2. The first kappa shape index (κ1) is 13.3. The summed E-state index contributed by atoms with van der Waals surface area (Å²) in [6.07, 6.45) is -3.21. The highest BCUT2D eigenvalue weighted by atomic mass is 19.4. The molecule has 0 aliphatic heterocycles. The molecular weight excluding hydrogens is 233 g/mol. The fraction of sp³-hybridized carbons (Fsp3) is 0.364. The summed E-state index contributed by atoms with van der Waals surface area (Å²) in [5.74, 6) is -0.291. The SMILES string of the molecule is CC.Cc1cn2c(OC(F)(F)F)cccc2n1. The largest absolute Gasteiger partial charge is 0.574 e. The average molecular weight is 246 g/mol. The monoisotopic (exact) mass is 246 g/mol. The van der Waals surface area contributed by atoms with Gasteiger partial charge in [0.25, 0.3) is 0 Å². The molecule has 6 heteroatoms. The Morgan fingerprint density at radius 2 is 1.88 bits per heavy atom. The van der Waals surface area contributed by atoms with Crippen LogP contribution in [0.25, 0.3) is 5.65 Å². The van der Waals surface area contributed by atoms with Gasteiger partial charge in [-0.05, 0) is 19.1 Å². The van der Waals surface area contributed by atoms with Gasteiger partial charge in [0.1, 0.15) is 5.65 Å². The average Bonchev–Trinajstić information content (AvgIpc) is 2.60. The van der Waals surface area contributed by atoms with E-state index in [9.17, 15) is 13.2 Å². The van der Waals surface area contributed by atoms with E-state index in [-0.39, 0.29) is 5.88 Å². The molecule has 2 heterocycles. The van der Waals surface area contributed by atoms with Crippen molar-refractivity contribution >= 4 is 5.65 Å². The standard InChI is InChI=1S/C9H7F3N2O.C2H6/c1-6-5-14-7(13-6)3-2-4-8(14)15-9(10,11)12;1-2/h2-5H,1H3;1-2H3. The minimum Gasteiger partial charge on any atom is -0.389 e. The lowest BCUT2D eigenvalue weighted by Crippen LogP contribution is -2.18. The maximum Gasteiger partial charge on any atom is 0.574 e. The minimum atomic E-state index is -4.69. The van der Waals surface area contributed by atoms with Crippen LogP contribution in [0.1, 0.15) is 19.5 Å². The highest BCUT2D eigenvalue weighted by Gasteiger charge is 2.32. The Kier molecular flexibility index (Phi) is 3.98. The fourth-order valence-corrected chi connectivity index (χ4v) is 1.31. The second-order valence-electron chi connectivity index (χ2n) is 3.02. The molecule has 2 aromatic heterocycles. The van der Waals surface area contributed by atoms with Crippen molar-refractivity contribution in [3.8, 4) is 5.88 Å². The number of alkyl halides is 3. The van der Waals surface area contributed by atoms with Crippen LogP contribution in [0.3, 0.4) is 0 Å². The molecule has 0 unspecified atom stereocenters. The van der Waals surface area contributed by atoms with Crippen LogP contribution >= 0.6 is 0 Å². The molecule has 0 aromatic carbocycles. The third-order valence-electron chi connectivity index (χ3n) is 1.80. The fourth-order valence-electron chi connectivity index (χ4n) is 1.31. The number of rotatable bonds is 1. The van der Waals surface area contributed by atoms with Crippen molar-refractivity contribution < 1.29 is 17.9 Å². The Bertz CT molecular complexity index is 491. The molecule has 0 saturated carbocycles. The first-order valence-corrected chi connectivity index (χ1v) is 5.16. The van der Waals surface area contributed by atoms with E-state index >= 15 is 0 Å². The van der Waals surface area contributed by atoms with Crippen molar-refractivity contribution in [1.82, 2.24) is 9.38 Å². The van der Waals surface area contributed by atoms with E-state index in [1.54, 1.807) is 13.0 Å². The van der Waals surface area contributed by atoms with E-state index in [0.29, 0.717) is 11.3 Å². The number of pyridine rings is 1. The third-order valence-corrected chi connectivity index (χ3v) is 1.80. The van der Waals surface area contributed by atoms with Gasteiger partial charge in [-0.2, -0.15) is 0 Å². The van der Waals surface area contributed by atoms with Gasteiger partial charge in [-0.25, -0.2) is 4.98 Å². The van der Waals surface area contributed by atoms with E-state index in [1.807, 2.05) is 13.8 Å². The minimum absolute atomic E-state index is 0.291. The van der Waals surface area contributed by atoms with E-state index in [4.69, 9.17) is 0 Å². The summed E-state index contributed by atoms with van der Waals surface area (Å²) in [6.45, 7) is 5.70. The Balaban J connectivity index is 0.000000686. The first-order chi connectivity index (χ1) is 7.96. The molecule has 2 aromatic rings. The molecule has 3 nitrogen and oxygen atoms in total.